The number of amides is 4. The van der Waals surface area contributed by atoms with Crippen molar-refractivity contribution in [3.05, 3.63) is 65.2 Å². The van der Waals surface area contributed by atoms with Gasteiger partial charge in [-0.15, -0.1) is 23.2 Å². The van der Waals surface area contributed by atoms with E-state index in [9.17, 15) is 34.3 Å². The van der Waals surface area contributed by atoms with Crippen LogP contribution < -0.4 is 10.4 Å². The zero-order valence-corrected chi connectivity index (χ0v) is 23.1. The molecule has 0 radical (unpaired) electrons. The highest BCUT2D eigenvalue weighted by molar-refractivity contribution is 6.58. The van der Waals surface area contributed by atoms with Gasteiger partial charge in [0.25, 0.3) is 11.8 Å². The number of fused-ring (bicyclic) bond motifs is 4. The Morgan fingerprint density at radius 1 is 0.975 bits per heavy atom. The molecule has 9 nitrogen and oxygen atoms in total. The molecule has 0 aromatic heterocycles. The van der Waals surface area contributed by atoms with E-state index in [0.29, 0.717) is 16.7 Å². The first-order valence-electron chi connectivity index (χ1n) is 12.9. The van der Waals surface area contributed by atoms with Crippen molar-refractivity contribution in [2.45, 2.75) is 35.4 Å². The van der Waals surface area contributed by atoms with E-state index in [1.807, 2.05) is 0 Å². The fraction of sp³-hybridized carbons (Fsp3) is 0.357. The van der Waals surface area contributed by atoms with Crippen molar-refractivity contribution < 1.29 is 34.3 Å². The molecule has 2 aliphatic carbocycles. The van der Waals surface area contributed by atoms with Crippen molar-refractivity contribution in [2.75, 3.05) is 11.9 Å². The summed E-state index contributed by atoms with van der Waals surface area (Å²) in [6, 6.07) is 10.9. The molecule has 3 fully saturated rings. The number of phenols is 1. The number of allylic oxidation sites excluding steroid dienone is 2. The van der Waals surface area contributed by atoms with Crippen LogP contribution in [0.25, 0.3) is 0 Å². The first kappa shape index (κ1) is 27.0. The highest BCUT2D eigenvalue weighted by atomic mass is 35.5. The van der Waals surface area contributed by atoms with Gasteiger partial charge in [0.15, 0.2) is 9.75 Å². The van der Waals surface area contributed by atoms with Crippen LogP contribution in [-0.4, -0.2) is 67.6 Å². The van der Waals surface area contributed by atoms with Crippen LogP contribution in [0.5, 0.6) is 5.75 Å². The van der Waals surface area contributed by atoms with Crippen molar-refractivity contribution in [2.24, 2.45) is 17.8 Å². The maximum atomic E-state index is 14.0. The third kappa shape index (κ3) is 3.30. The number of para-hydroxylation sites is 1. The number of carbonyl (C=O) groups is 4. The van der Waals surface area contributed by atoms with Crippen LogP contribution in [0.1, 0.15) is 29.9 Å². The van der Waals surface area contributed by atoms with Gasteiger partial charge in [-0.25, -0.2) is 0 Å². The molecule has 4 amide bonds. The van der Waals surface area contributed by atoms with Gasteiger partial charge in [0.05, 0.1) is 17.5 Å². The molecule has 12 heteroatoms. The Hall–Kier alpha value is -3.18. The van der Waals surface area contributed by atoms with E-state index in [4.69, 9.17) is 23.2 Å². The molecule has 2 saturated heterocycles. The molecule has 0 unspecified atom stereocenters. The fourth-order valence-electron chi connectivity index (χ4n) is 7.08. The van der Waals surface area contributed by atoms with E-state index in [-0.39, 0.29) is 29.7 Å². The molecule has 6 atom stereocenters. The Labute approximate surface area is 240 Å². The number of nitrogens with zero attached hydrogens (tertiary/aromatic N) is 2. The van der Waals surface area contributed by atoms with Crippen LogP contribution >= 0.6 is 23.2 Å². The van der Waals surface area contributed by atoms with Gasteiger partial charge >= 0.3 is 7.12 Å². The van der Waals surface area contributed by atoms with Gasteiger partial charge in [0.2, 0.25) is 11.8 Å². The Balaban J connectivity index is 1.51. The van der Waals surface area contributed by atoms with Crippen LogP contribution in [0, 0.1) is 24.7 Å². The lowest BCUT2D eigenvalue weighted by Gasteiger charge is -2.50. The minimum Gasteiger partial charge on any atom is -0.507 e. The summed E-state index contributed by atoms with van der Waals surface area (Å²) in [5.74, 6) is -5.92. The van der Waals surface area contributed by atoms with E-state index in [2.05, 4.69) is 0 Å². The van der Waals surface area contributed by atoms with E-state index < -0.39 is 64.2 Å². The second-order valence-electron chi connectivity index (χ2n) is 11.0. The number of anilines is 1. The molecule has 2 aromatic carbocycles. The van der Waals surface area contributed by atoms with Crippen LogP contribution in [0.15, 0.2) is 54.1 Å². The maximum Gasteiger partial charge on any atom is 0.488 e. The molecule has 2 aromatic rings. The maximum absolute atomic E-state index is 14.0. The van der Waals surface area contributed by atoms with Gasteiger partial charge in [0, 0.05) is 18.5 Å². The minimum atomic E-state index is -1.97. The first-order chi connectivity index (χ1) is 18.8. The smallest absolute Gasteiger partial charge is 0.488 e. The van der Waals surface area contributed by atoms with Crippen LogP contribution in [-0.2, 0) is 19.2 Å². The number of alkyl halides is 2. The summed E-state index contributed by atoms with van der Waals surface area (Å²) in [7, 11) is -0.486. The van der Waals surface area contributed by atoms with E-state index in [1.54, 1.807) is 31.2 Å². The summed E-state index contributed by atoms with van der Waals surface area (Å²) in [5.41, 5.74) is 1.73. The van der Waals surface area contributed by atoms with Gasteiger partial charge in [-0.2, -0.15) is 0 Å². The lowest BCUT2D eigenvalue weighted by atomic mass is 9.56. The highest BCUT2D eigenvalue weighted by Gasteiger charge is 2.76. The Bertz CT molecular complexity index is 1550. The first-order valence-corrected chi connectivity index (χ1v) is 13.6. The SMILES string of the molecule is Cc1cccc([C@H]2C3=CC[C@@H]4C(=O)N(c5cccc(B(O)O)c5)C(=O)[C@@H]4[C@@H]3C[C@@]3(Cl)C(=O)N(C)C(=O)[C@@]23Cl)c1O. The second-order valence-corrected chi connectivity index (χ2v) is 12.2. The molecule has 0 bridgehead atoms. The Morgan fingerprint density at radius 2 is 1.68 bits per heavy atom. The summed E-state index contributed by atoms with van der Waals surface area (Å²) in [4.78, 5) is 52.7. The number of imide groups is 2. The number of phenolic OH excluding ortho intramolecular Hbond substituents is 1. The minimum absolute atomic E-state index is 0.0974. The number of halogens is 2. The van der Waals surface area contributed by atoms with E-state index >= 15 is 0 Å². The van der Waals surface area contributed by atoms with Crippen molar-refractivity contribution in [1.82, 2.24) is 4.90 Å². The average molecular weight is 583 g/mol. The molecule has 40 heavy (non-hydrogen) atoms. The van der Waals surface area contributed by atoms with Gasteiger partial charge in [-0.1, -0.05) is 42.0 Å². The number of likely N-dealkylation sites (tertiary alicyclic amines) is 1. The summed E-state index contributed by atoms with van der Waals surface area (Å²) in [6.45, 7) is 1.70. The summed E-state index contributed by atoms with van der Waals surface area (Å²) in [6.07, 6.45) is 1.80. The summed E-state index contributed by atoms with van der Waals surface area (Å²) in [5, 5.41) is 30.3. The molecule has 6 rings (SSSR count). The van der Waals surface area contributed by atoms with Crippen molar-refractivity contribution in [3.63, 3.8) is 0 Å². The molecule has 2 aliphatic heterocycles. The number of hydrogen-bond acceptors (Lipinski definition) is 7. The van der Waals surface area contributed by atoms with E-state index in [0.717, 1.165) is 9.80 Å². The van der Waals surface area contributed by atoms with Crippen molar-refractivity contribution in [1.29, 1.82) is 0 Å². The molecule has 3 N–H and O–H groups in total. The average Bonchev–Trinajstić information content (AvgIpc) is 3.25. The lowest BCUT2D eigenvalue weighted by molar-refractivity contribution is -0.138. The second kappa shape index (κ2) is 8.91. The Kier molecular flexibility index (Phi) is 6.02. The van der Waals surface area contributed by atoms with Crippen molar-refractivity contribution >= 4 is 65.1 Å². The number of hydrogen-bond donors (Lipinski definition) is 3. The lowest BCUT2D eigenvalue weighted by Crippen LogP contribution is -2.60. The number of aromatic hydroxyl groups is 1. The van der Waals surface area contributed by atoms with Gasteiger partial charge in [0.1, 0.15) is 5.75 Å². The monoisotopic (exact) mass is 582 g/mol. The molecule has 4 aliphatic rings. The fourth-order valence-corrected chi connectivity index (χ4v) is 8.09. The molecule has 0 spiro atoms. The predicted molar refractivity (Wildman–Crippen MR) is 147 cm³/mol. The van der Waals surface area contributed by atoms with Gasteiger partial charge in [-0.3, -0.25) is 29.0 Å². The normalized spacial score (nSPS) is 33.1. The number of aryl methyl sites for hydroxylation is 1. The van der Waals surface area contributed by atoms with E-state index in [1.165, 1.54) is 31.3 Å². The highest BCUT2D eigenvalue weighted by Crippen LogP contribution is 2.66. The van der Waals surface area contributed by atoms with Gasteiger partial charge in [-0.05, 0) is 48.8 Å². The Morgan fingerprint density at radius 3 is 2.38 bits per heavy atom. The zero-order valence-electron chi connectivity index (χ0n) is 21.5. The quantitative estimate of drug-likeness (QED) is 0.216. The molecular weight excluding hydrogens is 558 g/mol. The van der Waals surface area contributed by atoms with Crippen LogP contribution in [0.4, 0.5) is 5.69 Å². The number of carbonyl (C=O) groups excluding carboxylic acids is 4. The summed E-state index contributed by atoms with van der Waals surface area (Å²) >= 11 is 14.2. The third-order valence-corrected chi connectivity index (χ3v) is 10.4. The zero-order chi connectivity index (χ0) is 28.9. The standard InChI is InChI=1S/C28H25BCl2N2O7/c1-13-5-3-8-18(22(13)34)21-16-9-10-17-20(19(16)12-27(30)25(37)32(2)26(38)28(21,27)31)24(36)33(23(17)35)15-7-4-6-14(11-15)29(39)40/h3-9,11,17,19-21,34,39-40H,10,12H2,1-2H3/t17-,19+,20-,21+,27+,28-/m0/s1. The largest absolute Gasteiger partial charge is 0.507 e. The predicted octanol–water partition coefficient (Wildman–Crippen LogP) is 1.57. The number of rotatable bonds is 3. The molecule has 2 heterocycles. The topological polar surface area (TPSA) is 135 Å². The number of benzene rings is 2. The van der Waals surface area contributed by atoms with Gasteiger partial charge < -0.3 is 15.2 Å². The van der Waals surface area contributed by atoms with Crippen LogP contribution in [0.2, 0.25) is 0 Å². The molecule has 206 valence electrons. The van der Waals surface area contributed by atoms with Crippen LogP contribution in [0.3, 0.4) is 0 Å². The summed E-state index contributed by atoms with van der Waals surface area (Å²) < 4.78 is 0. The molecule has 1 saturated carbocycles. The third-order valence-electron chi connectivity index (χ3n) is 9.02. The molecular formula is C28H25BCl2N2O7. The van der Waals surface area contributed by atoms with Crippen molar-refractivity contribution in [3.8, 4) is 5.75 Å².